The Hall–Kier alpha value is -0.890. The fraction of sp³-hybridized carbons (Fsp3) is 0.647. The molecule has 0 aromatic heterocycles. The van der Waals surface area contributed by atoms with Gasteiger partial charge in [-0.3, -0.25) is 0 Å². The molecule has 1 nitrogen and oxygen atoms in total. The Balaban J connectivity index is 2.25. The molecule has 1 aliphatic carbocycles. The van der Waals surface area contributed by atoms with Gasteiger partial charge in [0.1, 0.15) is 5.82 Å². The average molecular weight is 263 g/mol. The van der Waals surface area contributed by atoms with Crippen molar-refractivity contribution in [2.45, 2.75) is 52.5 Å². The van der Waals surface area contributed by atoms with E-state index in [-0.39, 0.29) is 11.9 Å². The number of benzene rings is 1. The summed E-state index contributed by atoms with van der Waals surface area (Å²) in [5.74, 6) is 1.28. The summed E-state index contributed by atoms with van der Waals surface area (Å²) in [7, 11) is 0. The summed E-state index contributed by atoms with van der Waals surface area (Å²) < 4.78 is 14.2. The fourth-order valence-electron chi connectivity index (χ4n) is 3.44. The quantitative estimate of drug-likeness (QED) is 0.836. The van der Waals surface area contributed by atoms with E-state index in [1.165, 1.54) is 25.7 Å². The highest BCUT2D eigenvalue weighted by Crippen LogP contribution is 2.38. The molecule has 0 bridgehead atoms. The van der Waals surface area contributed by atoms with Crippen molar-refractivity contribution in [3.63, 3.8) is 0 Å². The predicted molar refractivity (Wildman–Crippen MR) is 78.7 cm³/mol. The lowest BCUT2D eigenvalue weighted by Gasteiger charge is -2.34. The molecule has 1 N–H and O–H groups in total. The van der Waals surface area contributed by atoms with Gasteiger partial charge in [0.2, 0.25) is 0 Å². The molecule has 0 aliphatic heterocycles. The summed E-state index contributed by atoms with van der Waals surface area (Å²) in [6, 6.07) is 5.65. The lowest BCUT2D eigenvalue weighted by Crippen LogP contribution is -2.32. The first-order valence-electron chi connectivity index (χ1n) is 7.61. The lowest BCUT2D eigenvalue weighted by molar-refractivity contribution is 0.222. The Morgan fingerprint density at radius 3 is 2.84 bits per heavy atom. The van der Waals surface area contributed by atoms with Gasteiger partial charge in [-0.25, -0.2) is 4.39 Å². The minimum absolute atomic E-state index is 0.0604. The van der Waals surface area contributed by atoms with E-state index in [0.717, 1.165) is 23.6 Å². The van der Waals surface area contributed by atoms with E-state index in [1.54, 1.807) is 6.07 Å². The normalized spacial score (nSPS) is 25.3. The van der Waals surface area contributed by atoms with Crippen LogP contribution in [0.3, 0.4) is 0 Å². The molecule has 0 heterocycles. The van der Waals surface area contributed by atoms with Crippen LogP contribution < -0.4 is 5.32 Å². The highest BCUT2D eigenvalue weighted by molar-refractivity contribution is 5.27. The van der Waals surface area contributed by atoms with Crippen molar-refractivity contribution in [1.29, 1.82) is 0 Å². The maximum absolute atomic E-state index is 14.2. The van der Waals surface area contributed by atoms with E-state index in [0.29, 0.717) is 5.92 Å². The Kier molecular flexibility index (Phi) is 4.98. The molecule has 0 saturated heterocycles. The van der Waals surface area contributed by atoms with Gasteiger partial charge in [-0.1, -0.05) is 44.4 Å². The molecule has 3 unspecified atom stereocenters. The second-order valence-corrected chi connectivity index (χ2v) is 6.09. The number of aryl methyl sites for hydroxylation is 1. The van der Waals surface area contributed by atoms with Crippen molar-refractivity contribution in [2.75, 3.05) is 6.54 Å². The van der Waals surface area contributed by atoms with E-state index in [1.807, 2.05) is 19.1 Å². The highest BCUT2D eigenvalue weighted by atomic mass is 19.1. The van der Waals surface area contributed by atoms with Crippen LogP contribution in [-0.2, 0) is 0 Å². The van der Waals surface area contributed by atoms with Gasteiger partial charge in [0, 0.05) is 11.6 Å². The topological polar surface area (TPSA) is 12.0 Å². The second kappa shape index (κ2) is 6.51. The highest BCUT2D eigenvalue weighted by Gasteiger charge is 2.28. The van der Waals surface area contributed by atoms with Crippen molar-refractivity contribution in [3.05, 3.63) is 35.1 Å². The van der Waals surface area contributed by atoms with Crippen molar-refractivity contribution in [1.82, 2.24) is 5.32 Å². The zero-order valence-electron chi connectivity index (χ0n) is 12.4. The molecule has 1 fully saturated rings. The monoisotopic (exact) mass is 263 g/mol. The Morgan fingerprint density at radius 1 is 1.37 bits per heavy atom. The fourth-order valence-corrected chi connectivity index (χ4v) is 3.44. The van der Waals surface area contributed by atoms with Crippen LogP contribution in [0.25, 0.3) is 0 Å². The zero-order chi connectivity index (χ0) is 13.8. The first-order chi connectivity index (χ1) is 9.11. The third-order valence-corrected chi connectivity index (χ3v) is 4.36. The number of hydrogen-bond acceptors (Lipinski definition) is 1. The standard InChI is InChI=1S/C17H26FN/c1-4-19-17(14-7-5-6-12(2)10-14)15-11-13(3)8-9-16(15)18/h8-9,11-12,14,17,19H,4-7,10H2,1-3H3. The van der Waals surface area contributed by atoms with Gasteiger partial charge < -0.3 is 5.32 Å². The molecule has 106 valence electrons. The first kappa shape index (κ1) is 14.5. The molecule has 1 aliphatic rings. The summed E-state index contributed by atoms with van der Waals surface area (Å²) in [6.45, 7) is 7.35. The zero-order valence-corrected chi connectivity index (χ0v) is 12.4. The number of rotatable bonds is 4. The van der Waals surface area contributed by atoms with Crippen molar-refractivity contribution < 1.29 is 4.39 Å². The number of nitrogens with one attached hydrogen (secondary N) is 1. The maximum atomic E-state index is 14.2. The summed E-state index contributed by atoms with van der Waals surface area (Å²) in [6.07, 6.45) is 5.03. The third kappa shape index (κ3) is 3.56. The summed E-state index contributed by atoms with van der Waals surface area (Å²) in [5.41, 5.74) is 2.00. The van der Waals surface area contributed by atoms with Gasteiger partial charge in [-0.15, -0.1) is 0 Å². The summed E-state index contributed by atoms with van der Waals surface area (Å²) >= 11 is 0. The lowest BCUT2D eigenvalue weighted by atomic mass is 9.76. The summed E-state index contributed by atoms with van der Waals surface area (Å²) in [5, 5.41) is 3.52. The van der Waals surface area contributed by atoms with E-state index < -0.39 is 0 Å². The van der Waals surface area contributed by atoms with Crippen LogP contribution >= 0.6 is 0 Å². The van der Waals surface area contributed by atoms with Crippen LogP contribution in [0.15, 0.2) is 18.2 Å². The smallest absolute Gasteiger partial charge is 0.128 e. The SMILES string of the molecule is CCNC(c1cc(C)ccc1F)C1CCCC(C)C1. The van der Waals surface area contributed by atoms with Crippen LogP contribution in [0, 0.1) is 24.6 Å². The molecular weight excluding hydrogens is 237 g/mol. The minimum atomic E-state index is -0.0604. The van der Waals surface area contributed by atoms with Crippen molar-refractivity contribution in [2.24, 2.45) is 11.8 Å². The van der Waals surface area contributed by atoms with Gasteiger partial charge in [0.15, 0.2) is 0 Å². The molecule has 1 aromatic rings. The number of halogens is 1. The minimum Gasteiger partial charge on any atom is -0.310 e. The van der Waals surface area contributed by atoms with Gasteiger partial charge in [0.25, 0.3) is 0 Å². The van der Waals surface area contributed by atoms with Crippen LogP contribution in [-0.4, -0.2) is 6.54 Å². The molecule has 2 heteroatoms. The maximum Gasteiger partial charge on any atom is 0.128 e. The average Bonchev–Trinajstić information content (AvgIpc) is 2.39. The molecule has 0 radical (unpaired) electrons. The van der Waals surface area contributed by atoms with E-state index in [2.05, 4.69) is 19.2 Å². The van der Waals surface area contributed by atoms with Gasteiger partial charge in [0.05, 0.1) is 0 Å². The molecule has 2 rings (SSSR count). The van der Waals surface area contributed by atoms with Crippen LogP contribution in [0.5, 0.6) is 0 Å². The largest absolute Gasteiger partial charge is 0.310 e. The van der Waals surface area contributed by atoms with E-state index in [9.17, 15) is 4.39 Å². The van der Waals surface area contributed by atoms with Gasteiger partial charge >= 0.3 is 0 Å². The molecule has 1 aromatic carbocycles. The van der Waals surface area contributed by atoms with Crippen LogP contribution in [0.2, 0.25) is 0 Å². The molecular formula is C17H26FN. The molecule has 1 saturated carbocycles. The van der Waals surface area contributed by atoms with Crippen molar-refractivity contribution in [3.8, 4) is 0 Å². The molecule has 3 atom stereocenters. The van der Waals surface area contributed by atoms with E-state index in [4.69, 9.17) is 0 Å². The molecule has 0 spiro atoms. The first-order valence-corrected chi connectivity index (χ1v) is 7.61. The Labute approximate surface area is 116 Å². The van der Waals surface area contributed by atoms with Gasteiger partial charge in [-0.2, -0.15) is 0 Å². The Bertz CT molecular complexity index is 416. The molecule has 0 amide bonds. The summed E-state index contributed by atoms with van der Waals surface area (Å²) in [4.78, 5) is 0. The third-order valence-electron chi connectivity index (χ3n) is 4.36. The van der Waals surface area contributed by atoms with E-state index >= 15 is 0 Å². The van der Waals surface area contributed by atoms with Crippen molar-refractivity contribution >= 4 is 0 Å². The molecule has 19 heavy (non-hydrogen) atoms. The predicted octanol–water partition coefficient (Wildman–Crippen LogP) is 4.61. The van der Waals surface area contributed by atoms with Gasteiger partial charge in [-0.05, 0) is 44.2 Å². The van der Waals surface area contributed by atoms with Crippen LogP contribution in [0.4, 0.5) is 4.39 Å². The number of hydrogen-bond donors (Lipinski definition) is 1. The Morgan fingerprint density at radius 2 is 2.16 bits per heavy atom. The second-order valence-electron chi connectivity index (χ2n) is 6.09. The van der Waals surface area contributed by atoms with Crippen LogP contribution in [0.1, 0.15) is 56.7 Å².